The SMILES string of the molecule is CCC(O)CCON(C(=O)c1ccc(NC(C)=O)cc1)C(N)=S. The maximum absolute atomic E-state index is 12.3. The van der Waals surface area contributed by atoms with Crippen molar-refractivity contribution in [2.24, 2.45) is 5.73 Å². The van der Waals surface area contributed by atoms with Crippen molar-refractivity contribution in [1.29, 1.82) is 0 Å². The molecule has 0 fully saturated rings. The number of anilines is 1. The molecule has 0 aliphatic heterocycles. The standard InChI is InChI=1S/C15H21N3O4S/c1-3-13(20)8-9-22-18(15(16)23)14(21)11-4-6-12(7-5-11)17-10(2)19/h4-7,13,20H,3,8-9H2,1-2H3,(H2,16,23)(H,17,19). The van der Waals surface area contributed by atoms with E-state index in [-0.39, 0.29) is 17.6 Å². The number of carbonyl (C=O) groups excluding carboxylic acids is 2. The first-order chi connectivity index (χ1) is 10.8. The van der Waals surface area contributed by atoms with Gasteiger partial charge in [-0.05, 0) is 49.3 Å². The number of hydrogen-bond acceptors (Lipinski definition) is 5. The predicted molar refractivity (Wildman–Crippen MR) is 90.6 cm³/mol. The highest BCUT2D eigenvalue weighted by Crippen LogP contribution is 2.12. The van der Waals surface area contributed by atoms with E-state index in [0.29, 0.717) is 24.1 Å². The molecule has 0 aliphatic rings. The highest BCUT2D eigenvalue weighted by molar-refractivity contribution is 7.80. The molecular weight excluding hydrogens is 318 g/mol. The van der Waals surface area contributed by atoms with Crippen LogP contribution in [0, 0.1) is 0 Å². The first kappa shape index (κ1) is 19.0. The Morgan fingerprint density at radius 3 is 2.48 bits per heavy atom. The summed E-state index contributed by atoms with van der Waals surface area (Å²) < 4.78 is 0. The monoisotopic (exact) mass is 339 g/mol. The number of aliphatic hydroxyl groups is 1. The molecule has 0 spiro atoms. The molecule has 1 unspecified atom stereocenters. The van der Waals surface area contributed by atoms with Gasteiger partial charge in [0, 0.05) is 18.2 Å². The van der Waals surface area contributed by atoms with E-state index >= 15 is 0 Å². The summed E-state index contributed by atoms with van der Waals surface area (Å²) >= 11 is 4.82. The molecule has 1 atom stereocenters. The summed E-state index contributed by atoms with van der Waals surface area (Å²) in [4.78, 5) is 28.6. The summed E-state index contributed by atoms with van der Waals surface area (Å²) in [6, 6.07) is 6.24. The molecule has 126 valence electrons. The lowest BCUT2D eigenvalue weighted by atomic mass is 10.2. The third-order valence-corrected chi connectivity index (χ3v) is 3.15. The Bertz CT molecular complexity index is 562. The van der Waals surface area contributed by atoms with Gasteiger partial charge in [0.15, 0.2) is 5.11 Å². The highest BCUT2D eigenvalue weighted by Gasteiger charge is 2.20. The van der Waals surface area contributed by atoms with Crippen LogP contribution in [0.1, 0.15) is 37.0 Å². The number of nitrogens with zero attached hydrogens (tertiary/aromatic N) is 1. The summed E-state index contributed by atoms with van der Waals surface area (Å²) in [6.07, 6.45) is 0.453. The normalized spacial score (nSPS) is 11.6. The van der Waals surface area contributed by atoms with Gasteiger partial charge in [-0.1, -0.05) is 6.92 Å². The first-order valence-electron chi connectivity index (χ1n) is 7.17. The summed E-state index contributed by atoms with van der Waals surface area (Å²) in [7, 11) is 0. The number of hydroxylamine groups is 2. The number of nitrogens with two attached hydrogens (primary N) is 1. The van der Waals surface area contributed by atoms with E-state index in [4.69, 9.17) is 22.8 Å². The molecule has 7 nitrogen and oxygen atoms in total. The van der Waals surface area contributed by atoms with Crippen molar-refractivity contribution in [3.8, 4) is 0 Å². The molecule has 1 rings (SSSR count). The lowest BCUT2D eigenvalue weighted by Crippen LogP contribution is -2.41. The van der Waals surface area contributed by atoms with Gasteiger partial charge in [-0.2, -0.15) is 5.06 Å². The summed E-state index contributed by atoms with van der Waals surface area (Å²) in [5.74, 6) is -0.718. The predicted octanol–water partition coefficient (Wildman–Crippen LogP) is 1.42. The second kappa shape index (κ2) is 9.19. The third-order valence-electron chi connectivity index (χ3n) is 2.98. The molecule has 0 bridgehead atoms. The summed E-state index contributed by atoms with van der Waals surface area (Å²) in [5, 5.41) is 12.7. The fourth-order valence-electron chi connectivity index (χ4n) is 1.72. The van der Waals surface area contributed by atoms with E-state index in [2.05, 4.69) is 5.32 Å². The molecule has 0 aromatic heterocycles. The Labute approximate surface area is 140 Å². The average Bonchev–Trinajstić information content (AvgIpc) is 2.50. The van der Waals surface area contributed by atoms with Crippen LogP contribution in [-0.2, 0) is 9.63 Å². The van der Waals surface area contributed by atoms with Crippen LogP contribution in [0.15, 0.2) is 24.3 Å². The Morgan fingerprint density at radius 2 is 2.00 bits per heavy atom. The number of hydrogen-bond donors (Lipinski definition) is 3. The van der Waals surface area contributed by atoms with Gasteiger partial charge in [0.25, 0.3) is 5.91 Å². The number of thiocarbonyl (C=S) groups is 1. The van der Waals surface area contributed by atoms with Crippen LogP contribution in [0.5, 0.6) is 0 Å². The molecule has 0 saturated carbocycles. The van der Waals surface area contributed by atoms with Gasteiger partial charge in [0.05, 0.1) is 12.7 Å². The molecule has 4 N–H and O–H groups in total. The Balaban J connectivity index is 2.73. The van der Waals surface area contributed by atoms with Crippen molar-refractivity contribution in [2.45, 2.75) is 32.8 Å². The zero-order valence-corrected chi connectivity index (χ0v) is 13.9. The van der Waals surface area contributed by atoms with E-state index in [1.807, 2.05) is 6.92 Å². The fraction of sp³-hybridized carbons (Fsp3) is 0.400. The molecule has 0 aliphatic carbocycles. The Kier molecular flexibility index (Phi) is 7.60. The number of benzene rings is 1. The van der Waals surface area contributed by atoms with Crippen LogP contribution < -0.4 is 11.1 Å². The van der Waals surface area contributed by atoms with Crippen molar-refractivity contribution < 1.29 is 19.5 Å². The zero-order valence-electron chi connectivity index (χ0n) is 13.1. The van der Waals surface area contributed by atoms with Crippen molar-refractivity contribution in [2.75, 3.05) is 11.9 Å². The Morgan fingerprint density at radius 1 is 1.39 bits per heavy atom. The maximum Gasteiger partial charge on any atom is 0.284 e. The first-order valence-corrected chi connectivity index (χ1v) is 7.58. The topological polar surface area (TPSA) is 105 Å². The van der Waals surface area contributed by atoms with Gasteiger partial charge in [-0.25, -0.2) is 0 Å². The van der Waals surface area contributed by atoms with Gasteiger partial charge in [0.2, 0.25) is 5.91 Å². The summed E-state index contributed by atoms with van der Waals surface area (Å²) in [5.41, 5.74) is 6.39. The number of carbonyl (C=O) groups is 2. The lowest BCUT2D eigenvalue weighted by Gasteiger charge is -2.20. The van der Waals surface area contributed by atoms with Gasteiger partial charge in [-0.15, -0.1) is 0 Å². The van der Waals surface area contributed by atoms with Crippen LogP contribution >= 0.6 is 12.2 Å². The van der Waals surface area contributed by atoms with Crippen molar-refractivity contribution in [3.05, 3.63) is 29.8 Å². The van der Waals surface area contributed by atoms with E-state index in [0.717, 1.165) is 5.06 Å². The van der Waals surface area contributed by atoms with Crippen molar-refractivity contribution in [1.82, 2.24) is 5.06 Å². The van der Waals surface area contributed by atoms with Crippen LogP contribution in [0.4, 0.5) is 5.69 Å². The number of aliphatic hydroxyl groups excluding tert-OH is 1. The molecule has 2 amide bonds. The second-order valence-electron chi connectivity index (χ2n) is 4.88. The molecule has 0 saturated heterocycles. The molecular formula is C15H21N3O4S. The lowest BCUT2D eigenvalue weighted by molar-refractivity contribution is -0.114. The largest absolute Gasteiger partial charge is 0.393 e. The van der Waals surface area contributed by atoms with Crippen LogP contribution in [0.25, 0.3) is 0 Å². The van der Waals surface area contributed by atoms with E-state index in [1.54, 1.807) is 12.1 Å². The van der Waals surface area contributed by atoms with Gasteiger partial charge < -0.3 is 16.2 Å². The van der Waals surface area contributed by atoms with E-state index in [1.165, 1.54) is 19.1 Å². The average molecular weight is 339 g/mol. The van der Waals surface area contributed by atoms with Crippen LogP contribution in [-0.4, -0.2) is 39.8 Å². The number of nitrogens with one attached hydrogen (secondary N) is 1. The maximum atomic E-state index is 12.3. The molecule has 23 heavy (non-hydrogen) atoms. The Hall–Kier alpha value is -2.03. The second-order valence-corrected chi connectivity index (χ2v) is 5.30. The third kappa shape index (κ3) is 6.31. The minimum absolute atomic E-state index is 0.113. The van der Waals surface area contributed by atoms with Crippen molar-refractivity contribution in [3.63, 3.8) is 0 Å². The number of amides is 2. The molecule has 1 aromatic rings. The summed E-state index contributed by atoms with van der Waals surface area (Å²) in [6.45, 7) is 3.35. The van der Waals surface area contributed by atoms with Gasteiger partial charge >= 0.3 is 0 Å². The molecule has 0 radical (unpaired) electrons. The minimum atomic E-state index is -0.516. The van der Waals surface area contributed by atoms with Crippen LogP contribution in [0.3, 0.4) is 0 Å². The molecule has 8 heteroatoms. The smallest absolute Gasteiger partial charge is 0.284 e. The fourth-order valence-corrected chi connectivity index (χ4v) is 1.86. The van der Waals surface area contributed by atoms with E-state index in [9.17, 15) is 14.7 Å². The van der Waals surface area contributed by atoms with E-state index < -0.39 is 12.0 Å². The van der Waals surface area contributed by atoms with Crippen molar-refractivity contribution >= 4 is 34.8 Å². The minimum Gasteiger partial charge on any atom is -0.393 e. The highest BCUT2D eigenvalue weighted by atomic mass is 32.1. The van der Waals surface area contributed by atoms with Crippen LogP contribution in [0.2, 0.25) is 0 Å². The molecule has 1 aromatic carbocycles. The van der Waals surface area contributed by atoms with Gasteiger partial charge in [0.1, 0.15) is 0 Å². The number of rotatable bonds is 7. The zero-order chi connectivity index (χ0) is 17.4. The quantitative estimate of drug-likeness (QED) is 0.513. The molecule has 0 heterocycles. The van der Waals surface area contributed by atoms with Gasteiger partial charge in [-0.3, -0.25) is 14.4 Å².